The summed E-state index contributed by atoms with van der Waals surface area (Å²) in [5.74, 6) is -0.208. The van der Waals surface area contributed by atoms with E-state index in [9.17, 15) is 4.79 Å². The van der Waals surface area contributed by atoms with Crippen molar-refractivity contribution in [3.63, 3.8) is 0 Å². The zero-order valence-corrected chi connectivity index (χ0v) is 8.31. The van der Waals surface area contributed by atoms with Gasteiger partial charge in [-0.05, 0) is 18.2 Å². The van der Waals surface area contributed by atoms with Crippen LogP contribution in [0.5, 0.6) is 5.75 Å². The summed E-state index contributed by atoms with van der Waals surface area (Å²) in [6.45, 7) is 0. The molecule has 0 aliphatic heterocycles. The Morgan fingerprint density at radius 3 is 2.81 bits per heavy atom. The fourth-order valence-corrected chi connectivity index (χ4v) is 1.26. The molecule has 0 saturated heterocycles. The van der Waals surface area contributed by atoms with Gasteiger partial charge < -0.3 is 9.72 Å². The summed E-state index contributed by atoms with van der Waals surface area (Å²) in [5, 5.41) is 8.81. The minimum absolute atomic E-state index is 0.274. The predicted molar refractivity (Wildman–Crippen MR) is 56.9 cm³/mol. The van der Waals surface area contributed by atoms with Crippen molar-refractivity contribution in [1.29, 1.82) is 5.26 Å². The van der Waals surface area contributed by atoms with Crippen molar-refractivity contribution in [3.05, 3.63) is 53.9 Å². The smallest absolute Gasteiger partial charge is 0.345 e. The molecule has 0 unspecified atom stereocenters. The fourth-order valence-electron chi connectivity index (χ4n) is 1.26. The molecule has 78 valence electrons. The van der Waals surface area contributed by atoms with Gasteiger partial charge in [0, 0.05) is 12.4 Å². The van der Waals surface area contributed by atoms with Crippen LogP contribution in [0.1, 0.15) is 15.9 Å². The number of carbonyl (C=O) groups excluding carboxylic acids is 1. The molecule has 1 aromatic heterocycles. The molecule has 4 heteroatoms. The summed E-state index contributed by atoms with van der Waals surface area (Å²) in [7, 11) is 0. The lowest BCUT2D eigenvalue weighted by molar-refractivity contribution is 0.0734. The number of aromatic amines is 1. The van der Waals surface area contributed by atoms with Crippen LogP contribution in [-0.4, -0.2) is 11.0 Å². The predicted octanol–water partition coefficient (Wildman–Crippen LogP) is 2.11. The number of hydrogen-bond donors (Lipinski definition) is 1. The Kier molecular flexibility index (Phi) is 2.70. The second kappa shape index (κ2) is 4.32. The van der Waals surface area contributed by atoms with Gasteiger partial charge in [-0.25, -0.2) is 4.79 Å². The van der Waals surface area contributed by atoms with E-state index in [1.165, 1.54) is 6.20 Å². The summed E-state index contributed by atoms with van der Waals surface area (Å²) < 4.78 is 5.10. The van der Waals surface area contributed by atoms with Crippen molar-refractivity contribution in [2.45, 2.75) is 0 Å². The molecule has 0 fully saturated rings. The zero-order chi connectivity index (χ0) is 11.4. The third kappa shape index (κ3) is 1.93. The number of nitrogens with one attached hydrogen (secondary N) is 1. The monoisotopic (exact) mass is 212 g/mol. The van der Waals surface area contributed by atoms with E-state index in [1.54, 1.807) is 36.5 Å². The molecule has 2 aromatic rings. The second-order valence-electron chi connectivity index (χ2n) is 3.10. The van der Waals surface area contributed by atoms with Crippen LogP contribution in [0.25, 0.3) is 0 Å². The number of nitriles is 1. The number of esters is 1. The number of nitrogens with zero attached hydrogens (tertiary/aromatic N) is 1. The third-order valence-electron chi connectivity index (χ3n) is 2.04. The van der Waals surface area contributed by atoms with Gasteiger partial charge in [0.1, 0.15) is 11.8 Å². The molecule has 0 spiro atoms. The first kappa shape index (κ1) is 9.99. The van der Waals surface area contributed by atoms with E-state index >= 15 is 0 Å². The van der Waals surface area contributed by atoms with Gasteiger partial charge in [-0.3, -0.25) is 0 Å². The molecule has 0 radical (unpaired) electrons. The number of ether oxygens (including phenoxy) is 1. The van der Waals surface area contributed by atoms with Crippen LogP contribution in [-0.2, 0) is 0 Å². The molecule has 0 saturated carbocycles. The number of hydrogen-bond acceptors (Lipinski definition) is 3. The van der Waals surface area contributed by atoms with Crippen molar-refractivity contribution >= 4 is 5.97 Å². The molecule has 1 aromatic carbocycles. The van der Waals surface area contributed by atoms with Crippen molar-refractivity contribution in [1.82, 2.24) is 4.98 Å². The third-order valence-corrected chi connectivity index (χ3v) is 2.04. The average molecular weight is 212 g/mol. The van der Waals surface area contributed by atoms with Gasteiger partial charge in [0.15, 0.2) is 0 Å². The van der Waals surface area contributed by atoms with Crippen molar-refractivity contribution in [3.8, 4) is 11.8 Å². The lowest BCUT2D eigenvalue weighted by Gasteiger charge is -2.03. The van der Waals surface area contributed by atoms with E-state index in [0.717, 1.165) is 0 Å². The Morgan fingerprint density at radius 1 is 1.31 bits per heavy atom. The van der Waals surface area contributed by atoms with Gasteiger partial charge in [0.25, 0.3) is 0 Å². The maximum Gasteiger partial charge on any atom is 0.345 e. The highest BCUT2D eigenvalue weighted by molar-refractivity contribution is 5.91. The summed E-state index contributed by atoms with van der Waals surface area (Å²) in [6.07, 6.45) is 3.17. The Labute approximate surface area is 92.1 Å². The largest absolute Gasteiger partial charge is 0.421 e. The maximum absolute atomic E-state index is 11.6. The van der Waals surface area contributed by atoms with Gasteiger partial charge in [-0.1, -0.05) is 12.1 Å². The highest BCUT2D eigenvalue weighted by Crippen LogP contribution is 2.17. The van der Waals surface area contributed by atoms with Crippen LogP contribution in [0.4, 0.5) is 0 Å². The van der Waals surface area contributed by atoms with Gasteiger partial charge in [-0.2, -0.15) is 5.26 Å². The highest BCUT2D eigenvalue weighted by atomic mass is 16.5. The summed E-state index contributed by atoms with van der Waals surface area (Å²) in [4.78, 5) is 14.4. The minimum atomic E-state index is -0.482. The molecule has 0 amide bonds. The van der Waals surface area contributed by atoms with E-state index < -0.39 is 5.97 Å². The Hall–Kier alpha value is -2.54. The number of para-hydroxylation sites is 1. The normalized spacial score (nSPS) is 9.44. The lowest BCUT2D eigenvalue weighted by atomic mass is 10.2. The molecule has 1 heterocycles. The van der Waals surface area contributed by atoms with Crippen LogP contribution in [0.2, 0.25) is 0 Å². The number of H-pyrrole nitrogens is 1. The van der Waals surface area contributed by atoms with Crippen LogP contribution in [0.3, 0.4) is 0 Å². The molecular formula is C12H8N2O2. The first-order chi connectivity index (χ1) is 7.81. The number of rotatable bonds is 2. The minimum Gasteiger partial charge on any atom is -0.421 e. The van der Waals surface area contributed by atoms with Crippen molar-refractivity contribution in [2.24, 2.45) is 0 Å². The molecule has 0 aliphatic carbocycles. The maximum atomic E-state index is 11.6. The molecule has 4 nitrogen and oxygen atoms in total. The Balaban J connectivity index is 2.22. The lowest BCUT2D eigenvalue weighted by Crippen LogP contribution is -2.08. The van der Waals surface area contributed by atoms with Gasteiger partial charge in [0.05, 0.1) is 11.1 Å². The Morgan fingerprint density at radius 2 is 2.12 bits per heavy atom. The summed E-state index contributed by atoms with van der Waals surface area (Å²) in [6, 6.07) is 10.2. The molecule has 0 bridgehead atoms. The molecule has 0 aliphatic rings. The quantitative estimate of drug-likeness (QED) is 0.612. The molecule has 1 N–H and O–H groups in total. The molecule has 16 heavy (non-hydrogen) atoms. The van der Waals surface area contributed by atoms with Gasteiger partial charge in [0.2, 0.25) is 0 Å². The average Bonchev–Trinajstić information content (AvgIpc) is 2.83. The SMILES string of the molecule is N#Cc1ccccc1OC(=O)c1cc[nH]c1. The van der Waals surface area contributed by atoms with E-state index in [4.69, 9.17) is 10.00 Å². The van der Waals surface area contributed by atoms with Gasteiger partial charge in [-0.15, -0.1) is 0 Å². The van der Waals surface area contributed by atoms with E-state index in [2.05, 4.69) is 4.98 Å². The van der Waals surface area contributed by atoms with Crippen LogP contribution in [0, 0.1) is 11.3 Å². The number of benzene rings is 1. The number of aromatic nitrogens is 1. The second-order valence-corrected chi connectivity index (χ2v) is 3.10. The first-order valence-corrected chi connectivity index (χ1v) is 4.65. The molecule has 0 atom stereocenters. The van der Waals surface area contributed by atoms with Crippen LogP contribution in [0.15, 0.2) is 42.7 Å². The summed E-state index contributed by atoms with van der Waals surface area (Å²) in [5.41, 5.74) is 0.763. The summed E-state index contributed by atoms with van der Waals surface area (Å²) >= 11 is 0. The first-order valence-electron chi connectivity index (χ1n) is 4.65. The zero-order valence-electron chi connectivity index (χ0n) is 8.31. The van der Waals surface area contributed by atoms with E-state index in [-0.39, 0.29) is 5.75 Å². The molecule has 2 rings (SSSR count). The van der Waals surface area contributed by atoms with Crippen molar-refractivity contribution < 1.29 is 9.53 Å². The fraction of sp³-hybridized carbons (Fsp3) is 0. The highest BCUT2D eigenvalue weighted by Gasteiger charge is 2.10. The van der Waals surface area contributed by atoms with E-state index in [1.807, 2.05) is 6.07 Å². The Bertz CT molecular complexity index is 538. The topological polar surface area (TPSA) is 65.9 Å². The van der Waals surface area contributed by atoms with Gasteiger partial charge >= 0.3 is 5.97 Å². The van der Waals surface area contributed by atoms with Crippen molar-refractivity contribution in [2.75, 3.05) is 0 Å². The number of carbonyl (C=O) groups is 1. The standard InChI is InChI=1S/C12H8N2O2/c13-7-9-3-1-2-4-11(9)16-12(15)10-5-6-14-8-10/h1-6,8,14H. The van der Waals surface area contributed by atoms with E-state index in [0.29, 0.717) is 11.1 Å². The van der Waals surface area contributed by atoms with Crippen LogP contribution >= 0.6 is 0 Å². The van der Waals surface area contributed by atoms with Crippen LogP contribution < -0.4 is 4.74 Å². The molecular weight excluding hydrogens is 204 g/mol.